The van der Waals surface area contributed by atoms with Gasteiger partial charge in [0.1, 0.15) is 11.5 Å². The predicted molar refractivity (Wildman–Crippen MR) is 133 cm³/mol. The van der Waals surface area contributed by atoms with E-state index in [-0.39, 0.29) is 23.4 Å². The lowest BCUT2D eigenvalue weighted by molar-refractivity contribution is -0.143. The Hall–Kier alpha value is -3.69. The highest BCUT2D eigenvalue weighted by Gasteiger charge is 2.37. The molecule has 3 aromatic carbocycles. The van der Waals surface area contributed by atoms with Gasteiger partial charge in [-0.2, -0.15) is 4.31 Å². The van der Waals surface area contributed by atoms with Gasteiger partial charge in [-0.05, 0) is 41.8 Å². The van der Waals surface area contributed by atoms with Crippen molar-refractivity contribution in [2.24, 2.45) is 0 Å². The number of benzene rings is 3. The zero-order valence-corrected chi connectivity index (χ0v) is 20.9. The van der Waals surface area contributed by atoms with Crippen molar-refractivity contribution in [2.45, 2.75) is 23.8 Å². The molecule has 188 valence electrons. The molecule has 0 fully saturated rings. The number of carbonyl (C=O) groups excluding carboxylic acids is 2. The number of carbonyl (C=O) groups is 2. The van der Waals surface area contributed by atoms with Crippen LogP contribution in [-0.2, 0) is 26.0 Å². The molecule has 0 aromatic heterocycles. The third-order valence-electron chi connectivity index (χ3n) is 6.15. The molecule has 1 heterocycles. The van der Waals surface area contributed by atoms with Crippen LogP contribution in [0, 0.1) is 0 Å². The Balaban J connectivity index is 1.53. The quantitative estimate of drug-likeness (QED) is 0.320. The third kappa shape index (κ3) is 5.27. The second-order valence-electron chi connectivity index (χ2n) is 8.25. The molecule has 1 unspecified atom stereocenters. The van der Waals surface area contributed by atoms with Crippen molar-refractivity contribution in [1.29, 1.82) is 0 Å². The van der Waals surface area contributed by atoms with E-state index in [0.717, 1.165) is 11.1 Å². The average Bonchev–Trinajstić information content (AvgIpc) is 2.91. The lowest BCUT2D eigenvalue weighted by Crippen LogP contribution is -2.41. The molecule has 0 aliphatic carbocycles. The lowest BCUT2D eigenvalue weighted by atomic mass is 9.92. The Morgan fingerprint density at radius 2 is 1.67 bits per heavy atom. The van der Waals surface area contributed by atoms with Gasteiger partial charge in [0, 0.05) is 12.6 Å². The molecule has 0 bridgehead atoms. The van der Waals surface area contributed by atoms with Gasteiger partial charge in [-0.1, -0.05) is 42.5 Å². The number of fused-ring (bicyclic) bond motifs is 1. The molecular weight excluding hydrogens is 482 g/mol. The van der Waals surface area contributed by atoms with Gasteiger partial charge in [0.25, 0.3) is 0 Å². The molecule has 9 heteroatoms. The summed E-state index contributed by atoms with van der Waals surface area (Å²) in [6, 6.07) is 19.6. The molecule has 1 aliphatic rings. The standard InChI is InChI=1S/C27H27NO7S/c1-33-20-12-13-23(26(16-20)34-2)25(29)18-35-27(30)17-24-22-11-7-6-8-19(22)14-15-28(24)36(31,32)21-9-4-3-5-10-21/h3-13,16,24H,14-15,17-18H2,1-2H3. The second-order valence-corrected chi connectivity index (χ2v) is 10.1. The second kappa shape index (κ2) is 10.9. The molecular formula is C27H27NO7S. The van der Waals surface area contributed by atoms with Gasteiger partial charge in [-0.3, -0.25) is 9.59 Å². The van der Waals surface area contributed by atoms with Crippen molar-refractivity contribution >= 4 is 21.8 Å². The number of rotatable bonds is 9. The smallest absolute Gasteiger partial charge is 0.308 e. The summed E-state index contributed by atoms with van der Waals surface area (Å²) < 4.78 is 44.0. The van der Waals surface area contributed by atoms with Crippen LogP contribution in [0.5, 0.6) is 11.5 Å². The summed E-state index contributed by atoms with van der Waals surface area (Å²) in [7, 11) is -0.926. The molecule has 3 aromatic rings. The summed E-state index contributed by atoms with van der Waals surface area (Å²) in [6.45, 7) is -0.268. The number of sulfonamides is 1. The van der Waals surface area contributed by atoms with Crippen LogP contribution in [0.1, 0.15) is 33.9 Å². The predicted octanol–water partition coefficient (Wildman–Crippen LogP) is 3.81. The van der Waals surface area contributed by atoms with E-state index in [9.17, 15) is 18.0 Å². The highest BCUT2D eigenvalue weighted by Crippen LogP contribution is 2.36. The van der Waals surface area contributed by atoms with E-state index in [1.165, 1.54) is 30.7 Å². The summed E-state index contributed by atoms with van der Waals surface area (Å²) in [5, 5.41) is 0. The summed E-state index contributed by atoms with van der Waals surface area (Å²) in [6.07, 6.45) is 0.305. The maximum Gasteiger partial charge on any atom is 0.308 e. The molecule has 4 rings (SSSR count). The van der Waals surface area contributed by atoms with Crippen LogP contribution in [-0.4, -0.2) is 51.8 Å². The van der Waals surface area contributed by atoms with Crippen molar-refractivity contribution in [1.82, 2.24) is 4.31 Å². The Morgan fingerprint density at radius 3 is 2.39 bits per heavy atom. The van der Waals surface area contributed by atoms with Crippen LogP contribution in [0.25, 0.3) is 0 Å². The van der Waals surface area contributed by atoms with Crippen molar-refractivity contribution in [3.8, 4) is 11.5 Å². The summed E-state index contributed by atoms with van der Waals surface area (Å²) in [5.74, 6) is -0.292. The molecule has 0 N–H and O–H groups in total. The van der Waals surface area contributed by atoms with Crippen molar-refractivity contribution in [3.05, 3.63) is 89.5 Å². The van der Waals surface area contributed by atoms with Crippen molar-refractivity contribution < 1.29 is 32.2 Å². The average molecular weight is 510 g/mol. The van der Waals surface area contributed by atoms with Gasteiger partial charge in [-0.15, -0.1) is 0 Å². The van der Waals surface area contributed by atoms with E-state index in [2.05, 4.69) is 0 Å². The zero-order chi connectivity index (χ0) is 25.7. The molecule has 0 radical (unpaired) electrons. The fourth-order valence-corrected chi connectivity index (χ4v) is 5.95. The van der Waals surface area contributed by atoms with E-state index in [1.807, 2.05) is 24.3 Å². The third-order valence-corrected chi connectivity index (χ3v) is 8.07. The normalized spacial score (nSPS) is 15.6. The minimum Gasteiger partial charge on any atom is -0.497 e. The summed E-state index contributed by atoms with van der Waals surface area (Å²) in [5.41, 5.74) is 1.99. The van der Waals surface area contributed by atoms with Gasteiger partial charge in [0.15, 0.2) is 6.61 Å². The molecule has 0 saturated carbocycles. The molecule has 0 amide bonds. The number of Topliss-reactive ketones (excluding diaryl/α,β-unsaturated/α-hetero) is 1. The monoisotopic (exact) mass is 509 g/mol. The van der Waals surface area contributed by atoms with E-state index in [1.54, 1.807) is 36.4 Å². The number of nitrogens with zero attached hydrogens (tertiary/aromatic N) is 1. The Bertz CT molecular complexity index is 1360. The van der Waals surface area contributed by atoms with Gasteiger partial charge in [-0.25, -0.2) is 8.42 Å². The van der Waals surface area contributed by atoms with Crippen LogP contribution in [0.15, 0.2) is 77.7 Å². The number of hydrogen-bond acceptors (Lipinski definition) is 7. The SMILES string of the molecule is COc1ccc(C(=O)COC(=O)CC2c3ccccc3CCN2S(=O)(=O)c2ccccc2)c(OC)c1. The highest BCUT2D eigenvalue weighted by molar-refractivity contribution is 7.89. The maximum absolute atomic E-state index is 13.5. The number of ether oxygens (including phenoxy) is 3. The molecule has 36 heavy (non-hydrogen) atoms. The number of methoxy groups -OCH3 is 2. The van der Waals surface area contributed by atoms with Crippen LogP contribution in [0.2, 0.25) is 0 Å². The Morgan fingerprint density at radius 1 is 0.944 bits per heavy atom. The highest BCUT2D eigenvalue weighted by atomic mass is 32.2. The molecule has 8 nitrogen and oxygen atoms in total. The number of esters is 1. The maximum atomic E-state index is 13.5. The minimum atomic E-state index is -3.86. The zero-order valence-electron chi connectivity index (χ0n) is 20.0. The number of ketones is 1. The molecule has 0 saturated heterocycles. The van der Waals surface area contributed by atoms with E-state index < -0.39 is 34.4 Å². The van der Waals surface area contributed by atoms with Gasteiger partial charge in [0.2, 0.25) is 15.8 Å². The first-order valence-electron chi connectivity index (χ1n) is 11.4. The van der Waals surface area contributed by atoms with Crippen molar-refractivity contribution in [3.63, 3.8) is 0 Å². The van der Waals surface area contributed by atoms with Crippen molar-refractivity contribution in [2.75, 3.05) is 27.4 Å². The largest absolute Gasteiger partial charge is 0.497 e. The summed E-state index contributed by atoms with van der Waals surface area (Å²) in [4.78, 5) is 25.8. The fourth-order valence-electron chi connectivity index (χ4n) is 4.33. The van der Waals surface area contributed by atoms with Crippen LogP contribution in [0.3, 0.4) is 0 Å². The van der Waals surface area contributed by atoms with Gasteiger partial charge >= 0.3 is 5.97 Å². The van der Waals surface area contributed by atoms with Gasteiger partial charge < -0.3 is 14.2 Å². The molecule has 0 spiro atoms. The number of hydrogen-bond donors (Lipinski definition) is 0. The van der Waals surface area contributed by atoms with Crippen LogP contribution in [0.4, 0.5) is 0 Å². The first-order valence-corrected chi connectivity index (χ1v) is 12.8. The van der Waals surface area contributed by atoms with E-state index >= 15 is 0 Å². The molecule has 1 atom stereocenters. The lowest BCUT2D eigenvalue weighted by Gasteiger charge is -2.36. The van der Waals surface area contributed by atoms with Crippen LogP contribution >= 0.6 is 0 Å². The Labute approximate surface area is 210 Å². The topological polar surface area (TPSA) is 99.2 Å². The molecule has 1 aliphatic heterocycles. The van der Waals surface area contributed by atoms with Gasteiger partial charge in [0.05, 0.1) is 37.1 Å². The van der Waals surface area contributed by atoms with E-state index in [4.69, 9.17) is 14.2 Å². The fraction of sp³-hybridized carbons (Fsp3) is 0.259. The summed E-state index contributed by atoms with van der Waals surface area (Å²) >= 11 is 0. The minimum absolute atomic E-state index is 0.157. The van der Waals surface area contributed by atoms with Crippen LogP contribution < -0.4 is 9.47 Å². The Kier molecular flexibility index (Phi) is 7.71. The first kappa shape index (κ1) is 25.4. The van der Waals surface area contributed by atoms with E-state index in [0.29, 0.717) is 17.9 Å². The first-order chi connectivity index (χ1) is 17.3.